The number of hydrogen-bond donors (Lipinski definition) is 1. The molecule has 0 bridgehead atoms. The Morgan fingerprint density at radius 3 is 2.56 bits per heavy atom. The molecule has 0 radical (unpaired) electrons. The Kier molecular flexibility index (Phi) is 5.02. The van der Waals surface area contributed by atoms with Gasteiger partial charge in [0.1, 0.15) is 5.82 Å². The van der Waals surface area contributed by atoms with Crippen molar-refractivity contribution in [3.05, 3.63) is 53.5 Å². The first kappa shape index (κ1) is 17.0. The fourth-order valence-corrected chi connectivity index (χ4v) is 2.99. The molecule has 1 aliphatic rings. The van der Waals surface area contributed by atoms with Crippen LogP contribution in [0.1, 0.15) is 33.7 Å². The molecule has 0 spiro atoms. The molecule has 1 aromatic heterocycles. The van der Waals surface area contributed by atoms with Gasteiger partial charge < -0.3 is 10.2 Å². The molecule has 2 heterocycles. The van der Waals surface area contributed by atoms with Crippen molar-refractivity contribution in [2.45, 2.75) is 12.8 Å². The number of hydrogen-bond acceptors (Lipinski definition) is 5. The van der Waals surface area contributed by atoms with E-state index in [-0.39, 0.29) is 29.1 Å². The summed E-state index contributed by atoms with van der Waals surface area (Å²) < 4.78 is 13.0. The molecule has 1 saturated heterocycles. The maximum absolute atomic E-state index is 13.0. The highest BCUT2D eigenvalue weighted by Crippen LogP contribution is 2.24. The predicted molar refractivity (Wildman–Crippen MR) is 91.1 cm³/mol. The van der Waals surface area contributed by atoms with Gasteiger partial charge in [-0.1, -0.05) is 0 Å². The Balaban J connectivity index is 1.71. The number of nitrogens with zero attached hydrogens (tertiary/aromatic N) is 3. The number of halogens is 1. The molecule has 1 amide bonds. The smallest absolute Gasteiger partial charge is 0.271 e. The summed E-state index contributed by atoms with van der Waals surface area (Å²) in [5.74, 6) is -0.154. The maximum atomic E-state index is 13.0. The highest BCUT2D eigenvalue weighted by atomic mass is 19.1. The Bertz CT molecular complexity index is 762. The molecular weight excluding hydrogens is 323 g/mol. The highest BCUT2D eigenvalue weighted by molar-refractivity contribution is 5.98. The topological polar surface area (TPSA) is 75.2 Å². The van der Waals surface area contributed by atoms with Gasteiger partial charge in [0.2, 0.25) is 0 Å². The second-order valence-electron chi connectivity index (χ2n) is 6.01. The van der Waals surface area contributed by atoms with Crippen molar-refractivity contribution in [2.24, 2.45) is 5.92 Å². The van der Waals surface area contributed by atoms with E-state index in [0.717, 1.165) is 19.4 Å². The van der Waals surface area contributed by atoms with Crippen LogP contribution < -0.4 is 10.2 Å². The van der Waals surface area contributed by atoms with Crippen LogP contribution in [0.3, 0.4) is 0 Å². The molecule has 1 N–H and O–H groups in total. The average Bonchev–Trinajstić information content (AvgIpc) is 2.67. The van der Waals surface area contributed by atoms with E-state index in [0.29, 0.717) is 17.9 Å². The lowest BCUT2D eigenvalue weighted by Gasteiger charge is -2.32. The number of anilines is 1. The van der Waals surface area contributed by atoms with Crippen LogP contribution in [0.25, 0.3) is 0 Å². The van der Waals surface area contributed by atoms with Crippen LogP contribution in [0.4, 0.5) is 10.2 Å². The standard InChI is InChI=1S/C18H19FN4O2/c1-20-18(25)15-8-9-16(22-21-15)23-10-2-3-13(11-23)17(24)12-4-6-14(19)7-5-12/h4-9,13H,2-3,10-11H2,1H3,(H,20,25). The van der Waals surface area contributed by atoms with E-state index in [4.69, 9.17) is 0 Å². The van der Waals surface area contributed by atoms with Crippen LogP contribution in [0.5, 0.6) is 0 Å². The summed E-state index contributed by atoms with van der Waals surface area (Å²) in [4.78, 5) is 26.2. The van der Waals surface area contributed by atoms with Crippen LogP contribution in [0.2, 0.25) is 0 Å². The zero-order chi connectivity index (χ0) is 17.8. The van der Waals surface area contributed by atoms with Crippen LogP contribution in [0.15, 0.2) is 36.4 Å². The minimum absolute atomic E-state index is 0.0136. The number of carbonyl (C=O) groups excluding carboxylic acids is 2. The third-order valence-electron chi connectivity index (χ3n) is 4.36. The predicted octanol–water partition coefficient (Wildman–Crippen LogP) is 2.07. The molecule has 1 atom stereocenters. The zero-order valence-electron chi connectivity index (χ0n) is 13.9. The second-order valence-corrected chi connectivity index (χ2v) is 6.01. The van der Waals surface area contributed by atoms with Gasteiger partial charge in [-0.15, -0.1) is 10.2 Å². The van der Waals surface area contributed by atoms with Gasteiger partial charge in [-0.05, 0) is 49.2 Å². The van der Waals surface area contributed by atoms with E-state index in [9.17, 15) is 14.0 Å². The highest BCUT2D eigenvalue weighted by Gasteiger charge is 2.27. The van der Waals surface area contributed by atoms with E-state index >= 15 is 0 Å². The van der Waals surface area contributed by atoms with Gasteiger partial charge in [0.25, 0.3) is 5.91 Å². The van der Waals surface area contributed by atoms with Crippen molar-refractivity contribution >= 4 is 17.5 Å². The fraction of sp³-hybridized carbons (Fsp3) is 0.333. The second kappa shape index (κ2) is 7.38. The third kappa shape index (κ3) is 3.81. The van der Waals surface area contributed by atoms with Gasteiger partial charge >= 0.3 is 0 Å². The van der Waals surface area contributed by atoms with Crippen molar-refractivity contribution in [3.8, 4) is 0 Å². The maximum Gasteiger partial charge on any atom is 0.271 e. The number of amides is 1. The first-order chi connectivity index (χ1) is 12.1. The summed E-state index contributed by atoms with van der Waals surface area (Å²) >= 11 is 0. The van der Waals surface area contributed by atoms with Gasteiger partial charge in [-0.25, -0.2) is 4.39 Å². The lowest BCUT2D eigenvalue weighted by atomic mass is 9.90. The Morgan fingerprint density at radius 2 is 1.92 bits per heavy atom. The number of ketones is 1. The molecule has 0 aliphatic carbocycles. The molecule has 0 saturated carbocycles. The minimum atomic E-state index is -0.353. The monoisotopic (exact) mass is 342 g/mol. The van der Waals surface area contributed by atoms with E-state index < -0.39 is 0 Å². The Hall–Kier alpha value is -2.83. The summed E-state index contributed by atoms with van der Waals surface area (Å²) in [6.45, 7) is 1.31. The van der Waals surface area contributed by atoms with E-state index in [2.05, 4.69) is 15.5 Å². The number of benzene rings is 1. The molecule has 1 unspecified atom stereocenters. The minimum Gasteiger partial charge on any atom is -0.354 e. The normalized spacial score (nSPS) is 17.2. The summed E-state index contributed by atoms with van der Waals surface area (Å²) in [5, 5.41) is 10.5. The summed E-state index contributed by atoms with van der Waals surface area (Å²) in [5.41, 5.74) is 0.775. The van der Waals surface area contributed by atoms with Crippen LogP contribution >= 0.6 is 0 Å². The summed E-state index contributed by atoms with van der Waals surface area (Å²) in [7, 11) is 1.54. The van der Waals surface area contributed by atoms with Crippen molar-refractivity contribution < 1.29 is 14.0 Å². The van der Waals surface area contributed by atoms with Gasteiger partial charge in [-0.3, -0.25) is 9.59 Å². The number of Topliss-reactive ketones (excluding diaryl/α,β-unsaturated/α-hetero) is 1. The molecule has 7 heteroatoms. The van der Waals surface area contributed by atoms with Crippen LogP contribution in [0, 0.1) is 11.7 Å². The SMILES string of the molecule is CNC(=O)c1ccc(N2CCCC(C(=O)c3ccc(F)cc3)C2)nn1. The lowest BCUT2D eigenvalue weighted by molar-refractivity contribution is 0.0906. The molecule has 1 fully saturated rings. The Labute approximate surface area is 145 Å². The third-order valence-corrected chi connectivity index (χ3v) is 4.36. The number of piperidine rings is 1. The Morgan fingerprint density at radius 1 is 1.16 bits per heavy atom. The van der Waals surface area contributed by atoms with E-state index in [1.54, 1.807) is 12.1 Å². The average molecular weight is 342 g/mol. The first-order valence-electron chi connectivity index (χ1n) is 8.19. The summed E-state index contributed by atoms with van der Waals surface area (Å²) in [6, 6.07) is 9.01. The van der Waals surface area contributed by atoms with Crippen molar-refractivity contribution in [1.29, 1.82) is 0 Å². The number of nitrogens with one attached hydrogen (secondary N) is 1. The van der Waals surface area contributed by atoms with Crippen LogP contribution in [-0.2, 0) is 0 Å². The van der Waals surface area contributed by atoms with Gasteiger partial charge in [0, 0.05) is 31.6 Å². The number of rotatable bonds is 4. The quantitative estimate of drug-likeness (QED) is 0.861. The molecule has 2 aromatic rings. The number of aromatic nitrogens is 2. The molecule has 130 valence electrons. The molecule has 6 nitrogen and oxygen atoms in total. The van der Waals surface area contributed by atoms with Gasteiger partial charge in [-0.2, -0.15) is 0 Å². The first-order valence-corrected chi connectivity index (χ1v) is 8.19. The van der Waals surface area contributed by atoms with E-state index in [1.165, 1.54) is 31.3 Å². The largest absolute Gasteiger partial charge is 0.354 e. The molecule has 1 aromatic carbocycles. The van der Waals surface area contributed by atoms with Crippen LogP contribution in [-0.4, -0.2) is 42.0 Å². The van der Waals surface area contributed by atoms with Crippen molar-refractivity contribution in [2.75, 3.05) is 25.0 Å². The molecule has 3 rings (SSSR count). The molecular formula is C18H19FN4O2. The summed E-state index contributed by atoms with van der Waals surface area (Å²) in [6.07, 6.45) is 1.65. The van der Waals surface area contributed by atoms with Crippen molar-refractivity contribution in [1.82, 2.24) is 15.5 Å². The molecule has 25 heavy (non-hydrogen) atoms. The fourth-order valence-electron chi connectivity index (χ4n) is 2.99. The van der Waals surface area contributed by atoms with E-state index in [1.807, 2.05) is 4.90 Å². The van der Waals surface area contributed by atoms with Gasteiger partial charge in [0.05, 0.1) is 0 Å². The lowest BCUT2D eigenvalue weighted by Crippen LogP contribution is -2.39. The van der Waals surface area contributed by atoms with Crippen molar-refractivity contribution in [3.63, 3.8) is 0 Å². The number of carbonyl (C=O) groups is 2. The molecule has 1 aliphatic heterocycles. The zero-order valence-corrected chi connectivity index (χ0v) is 13.9. The van der Waals surface area contributed by atoms with Gasteiger partial charge in [0.15, 0.2) is 17.3 Å².